The molecule has 1 N–H and O–H groups in total. The molecule has 96 valence electrons. The summed E-state index contributed by atoms with van der Waals surface area (Å²) in [7, 11) is 0. The van der Waals surface area contributed by atoms with E-state index >= 15 is 0 Å². The molecule has 1 aromatic heterocycles. The van der Waals surface area contributed by atoms with Gasteiger partial charge in [-0.05, 0) is 48.7 Å². The molecule has 4 heteroatoms. The van der Waals surface area contributed by atoms with Crippen LogP contribution in [0.1, 0.15) is 4.88 Å². The van der Waals surface area contributed by atoms with E-state index in [0.29, 0.717) is 0 Å². The molecular weight excluding hydrogens is 282 g/mol. The Bertz CT molecular complexity index is 439. The molecule has 0 aliphatic rings. The van der Waals surface area contributed by atoms with E-state index in [4.69, 9.17) is 11.6 Å². The summed E-state index contributed by atoms with van der Waals surface area (Å²) in [5.41, 5.74) is 0. The lowest BCUT2D eigenvalue weighted by Gasteiger charge is -2.04. The summed E-state index contributed by atoms with van der Waals surface area (Å²) in [6, 6.07) is 12.3. The molecule has 0 amide bonds. The number of thioether (sulfide) groups is 1. The summed E-state index contributed by atoms with van der Waals surface area (Å²) in [4.78, 5) is 2.73. The molecule has 1 heterocycles. The Morgan fingerprint density at radius 1 is 1.11 bits per heavy atom. The number of hydrogen-bond donors (Lipinski definition) is 1. The highest BCUT2D eigenvalue weighted by atomic mass is 35.5. The minimum atomic E-state index is 0.799. The maximum atomic E-state index is 5.84. The fraction of sp³-hybridized carbons (Fsp3) is 0.286. The van der Waals surface area contributed by atoms with Gasteiger partial charge in [0.05, 0.1) is 0 Å². The SMILES string of the molecule is Clc1ccc(SCCNCCc2cccs2)cc1. The van der Waals surface area contributed by atoms with Gasteiger partial charge in [-0.2, -0.15) is 0 Å². The van der Waals surface area contributed by atoms with E-state index in [1.54, 1.807) is 0 Å². The lowest BCUT2D eigenvalue weighted by molar-refractivity contribution is 0.725. The molecule has 0 bridgehead atoms. The van der Waals surface area contributed by atoms with Crippen molar-refractivity contribution in [1.82, 2.24) is 5.32 Å². The van der Waals surface area contributed by atoms with Crippen LogP contribution in [0.5, 0.6) is 0 Å². The highest BCUT2D eigenvalue weighted by Crippen LogP contribution is 2.19. The van der Waals surface area contributed by atoms with Gasteiger partial charge >= 0.3 is 0 Å². The third-order valence-electron chi connectivity index (χ3n) is 2.49. The average molecular weight is 298 g/mol. The van der Waals surface area contributed by atoms with Gasteiger partial charge in [0, 0.05) is 27.1 Å². The van der Waals surface area contributed by atoms with Crippen LogP contribution in [-0.4, -0.2) is 18.8 Å². The minimum absolute atomic E-state index is 0.799. The van der Waals surface area contributed by atoms with Crippen molar-refractivity contribution in [2.24, 2.45) is 0 Å². The summed E-state index contributed by atoms with van der Waals surface area (Å²) in [5.74, 6) is 1.09. The monoisotopic (exact) mass is 297 g/mol. The Labute approximate surface area is 122 Å². The second-order valence-corrected chi connectivity index (χ2v) is 6.52. The first kappa shape index (κ1) is 13.9. The van der Waals surface area contributed by atoms with E-state index in [-0.39, 0.29) is 0 Å². The Hall–Kier alpha value is -0.480. The summed E-state index contributed by atoms with van der Waals surface area (Å²) in [6.45, 7) is 2.10. The van der Waals surface area contributed by atoms with Crippen molar-refractivity contribution in [1.29, 1.82) is 0 Å². The van der Waals surface area contributed by atoms with Gasteiger partial charge < -0.3 is 5.32 Å². The van der Waals surface area contributed by atoms with Crippen LogP contribution in [0.3, 0.4) is 0 Å². The Morgan fingerprint density at radius 3 is 2.67 bits per heavy atom. The van der Waals surface area contributed by atoms with Gasteiger partial charge in [-0.3, -0.25) is 0 Å². The lowest BCUT2D eigenvalue weighted by atomic mass is 10.3. The van der Waals surface area contributed by atoms with Gasteiger partial charge in [-0.25, -0.2) is 0 Å². The zero-order valence-electron chi connectivity index (χ0n) is 10.1. The highest BCUT2D eigenvalue weighted by molar-refractivity contribution is 7.99. The standard InChI is InChI=1S/C14H16ClNS2/c15-12-3-5-14(6-4-12)18-11-9-16-8-7-13-2-1-10-17-13/h1-6,10,16H,7-9,11H2. The molecular formula is C14H16ClNS2. The number of halogens is 1. The average Bonchev–Trinajstić information content (AvgIpc) is 2.89. The first-order valence-corrected chi connectivity index (χ1v) is 8.20. The predicted octanol–water partition coefficient (Wildman–Crippen LogP) is 4.33. The van der Waals surface area contributed by atoms with Crippen LogP contribution < -0.4 is 5.32 Å². The lowest BCUT2D eigenvalue weighted by Crippen LogP contribution is -2.19. The fourth-order valence-electron chi connectivity index (χ4n) is 1.56. The molecule has 0 saturated carbocycles. The van der Waals surface area contributed by atoms with Crippen LogP contribution in [0.15, 0.2) is 46.7 Å². The van der Waals surface area contributed by atoms with Crippen LogP contribution in [0.2, 0.25) is 5.02 Å². The van der Waals surface area contributed by atoms with Crippen molar-refractivity contribution in [3.8, 4) is 0 Å². The molecule has 0 spiro atoms. The molecule has 2 rings (SSSR count). The Morgan fingerprint density at radius 2 is 1.94 bits per heavy atom. The summed E-state index contributed by atoms with van der Waals surface area (Å²) >= 11 is 9.53. The molecule has 2 aromatic rings. The van der Waals surface area contributed by atoms with Gasteiger partial charge in [0.2, 0.25) is 0 Å². The fourth-order valence-corrected chi connectivity index (χ4v) is 3.21. The molecule has 0 radical (unpaired) electrons. The van der Waals surface area contributed by atoms with E-state index in [0.717, 1.165) is 30.3 Å². The molecule has 0 aliphatic carbocycles. The van der Waals surface area contributed by atoms with Gasteiger partial charge in [-0.15, -0.1) is 23.1 Å². The largest absolute Gasteiger partial charge is 0.316 e. The quantitative estimate of drug-likeness (QED) is 0.603. The van der Waals surface area contributed by atoms with Crippen LogP contribution in [-0.2, 0) is 6.42 Å². The number of hydrogen-bond acceptors (Lipinski definition) is 3. The number of benzene rings is 1. The highest BCUT2D eigenvalue weighted by Gasteiger charge is 1.95. The van der Waals surface area contributed by atoms with E-state index in [2.05, 4.69) is 35.0 Å². The first-order chi connectivity index (χ1) is 8.84. The smallest absolute Gasteiger partial charge is 0.0406 e. The third kappa shape index (κ3) is 5.02. The normalized spacial score (nSPS) is 10.7. The van der Waals surface area contributed by atoms with E-state index < -0.39 is 0 Å². The van der Waals surface area contributed by atoms with E-state index in [1.807, 2.05) is 35.2 Å². The van der Waals surface area contributed by atoms with E-state index in [9.17, 15) is 0 Å². The molecule has 18 heavy (non-hydrogen) atoms. The second kappa shape index (κ2) is 7.85. The van der Waals surface area contributed by atoms with Gasteiger partial charge in [-0.1, -0.05) is 17.7 Å². The third-order valence-corrected chi connectivity index (χ3v) is 4.69. The van der Waals surface area contributed by atoms with Crippen molar-refractivity contribution in [3.05, 3.63) is 51.7 Å². The molecule has 1 nitrogen and oxygen atoms in total. The van der Waals surface area contributed by atoms with Crippen molar-refractivity contribution in [3.63, 3.8) is 0 Å². The van der Waals surface area contributed by atoms with Crippen LogP contribution in [0.25, 0.3) is 0 Å². The molecule has 0 atom stereocenters. The predicted molar refractivity (Wildman–Crippen MR) is 83.1 cm³/mol. The van der Waals surface area contributed by atoms with Crippen molar-refractivity contribution in [2.75, 3.05) is 18.8 Å². The number of nitrogens with one attached hydrogen (secondary N) is 1. The maximum Gasteiger partial charge on any atom is 0.0406 e. The zero-order chi connectivity index (χ0) is 12.6. The zero-order valence-corrected chi connectivity index (χ0v) is 12.5. The van der Waals surface area contributed by atoms with Crippen LogP contribution in [0, 0.1) is 0 Å². The molecule has 0 unspecified atom stereocenters. The van der Waals surface area contributed by atoms with E-state index in [1.165, 1.54) is 9.77 Å². The minimum Gasteiger partial charge on any atom is -0.316 e. The summed E-state index contributed by atoms with van der Waals surface area (Å²) in [5, 5.41) is 6.40. The Balaban J connectivity index is 1.55. The first-order valence-electron chi connectivity index (χ1n) is 5.96. The summed E-state index contributed by atoms with van der Waals surface area (Å²) in [6.07, 6.45) is 1.13. The molecule has 1 aromatic carbocycles. The maximum absolute atomic E-state index is 5.84. The molecule has 0 fully saturated rings. The second-order valence-electron chi connectivity index (χ2n) is 3.88. The van der Waals surface area contributed by atoms with Gasteiger partial charge in [0.1, 0.15) is 0 Å². The Kier molecular flexibility index (Phi) is 6.08. The van der Waals surface area contributed by atoms with Gasteiger partial charge in [0.15, 0.2) is 0 Å². The molecule has 0 aliphatic heterocycles. The summed E-state index contributed by atoms with van der Waals surface area (Å²) < 4.78 is 0. The van der Waals surface area contributed by atoms with Crippen LogP contribution >= 0.6 is 34.7 Å². The number of rotatable bonds is 7. The van der Waals surface area contributed by atoms with Crippen molar-refractivity contribution < 1.29 is 0 Å². The molecule has 0 saturated heterocycles. The van der Waals surface area contributed by atoms with Crippen LogP contribution in [0.4, 0.5) is 0 Å². The van der Waals surface area contributed by atoms with Gasteiger partial charge in [0.25, 0.3) is 0 Å². The van der Waals surface area contributed by atoms with Crippen molar-refractivity contribution in [2.45, 2.75) is 11.3 Å². The van der Waals surface area contributed by atoms with Crippen molar-refractivity contribution >= 4 is 34.7 Å². The number of thiophene rings is 1. The topological polar surface area (TPSA) is 12.0 Å².